The molecule has 0 saturated heterocycles. The van der Waals surface area contributed by atoms with E-state index in [1.165, 1.54) is 11.8 Å². The summed E-state index contributed by atoms with van der Waals surface area (Å²) in [6.07, 6.45) is 5.39. The van der Waals surface area contributed by atoms with E-state index >= 15 is 0 Å². The summed E-state index contributed by atoms with van der Waals surface area (Å²) in [6.45, 7) is 0. The first kappa shape index (κ1) is 15.1. The Morgan fingerprint density at radius 2 is 2.00 bits per heavy atom. The van der Waals surface area contributed by atoms with Crippen molar-refractivity contribution in [3.63, 3.8) is 0 Å². The number of carbonyl (C=O) groups is 1. The second kappa shape index (κ2) is 5.70. The summed E-state index contributed by atoms with van der Waals surface area (Å²) in [5.41, 5.74) is 7.85. The molecule has 0 unspecified atom stereocenters. The number of anilines is 2. The molecule has 1 amide bonds. The second-order valence-electron chi connectivity index (χ2n) is 6.14. The van der Waals surface area contributed by atoms with Crippen LogP contribution in [0.4, 0.5) is 11.5 Å². The zero-order chi connectivity index (χ0) is 17.7. The van der Waals surface area contributed by atoms with Crippen LogP contribution in [0.25, 0.3) is 11.3 Å². The quantitative estimate of drug-likeness (QED) is 0.566. The van der Waals surface area contributed by atoms with Crippen LogP contribution in [0.3, 0.4) is 0 Å². The van der Waals surface area contributed by atoms with Gasteiger partial charge >= 0.3 is 0 Å². The molecule has 4 aromatic rings. The number of nitrogens with one attached hydrogen (secondary N) is 1. The smallest absolute Gasteiger partial charge is 0.228 e. The zero-order valence-electron chi connectivity index (χ0n) is 13.5. The summed E-state index contributed by atoms with van der Waals surface area (Å²) in [5, 5.41) is 17.0. The van der Waals surface area contributed by atoms with E-state index in [1.807, 2.05) is 22.6 Å². The Bertz CT molecular complexity index is 1150. The molecule has 26 heavy (non-hydrogen) atoms. The third kappa shape index (κ3) is 2.73. The van der Waals surface area contributed by atoms with Gasteiger partial charge in [-0.05, 0) is 48.9 Å². The number of carbonyl (C=O) groups excluding carboxylic acids is 1. The highest BCUT2D eigenvalue weighted by Gasteiger charge is 2.30. The molecule has 4 heterocycles. The Hall–Kier alpha value is -3.14. The minimum absolute atomic E-state index is 0.0236. The van der Waals surface area contributed by atoms with Gasteiger partial charge in [-0.1, -0.05) is 0 Å². The Balaban J connectivity index is 1.43. The SMILES string of the molecule is Nc1ccc2nnc(Sc3ccc4nc(NC(=O)C5CC5)cn4n3)n2c1. The van der Waals surface area contributed by atoms with Crippen molar-refractivity contribution in [1.29, 1.82) is 0 Å². The highest BCUT2D eigenvalue weighted by atomic mass is 32.2. The molecule has 1 saturated carbocycles. The highest BCUT2D eigenvalue weighted by molar-refractivity contribution is 7.99. The van der Waals surface area contributed by atoms with Crippen LogP contribution in [0, 0.1) is 5.92 Å². The minimum Gasteiger partial charge on any atom is -0.398 e. The molecule has 130 valence electrons. The average Bonchev–Trinajstić information content (AvgIpc) is 3.30. The number of fused-ring (bicyclic) bond motifs is 2. The fourth-order valence-corrected chi connectivity index (χ4v) is 3.38. The van der Waals surface area contributed by atoms with E-state index in [9.17, 15) is 4.79 Å². The molecule has 0 spiro atoms. The maximum absolute atomic E-state index is 11.9. The molecule has 4 aromatic heterocycles. The monoisotopic (exact) mass is 366 g/mol. The summed E-state index contributed by atoms with van der Waals surface area (Å²) in [4.78, 5) is 16.2. The van der Waals surface area contributed by atoms with E-state index in [1.54, 1.807) is 23.0 Å². The summed E-state index contributed by atoms with van der Waals surface area (Å²) < 4.78 is 3.46. The van der Waals surface area contributed by atoms with Crippen molar-refractivity contribution in [1.82, 2.24) is 29.2 Å². The number of imidazole rings is 1. The maximum Gasteiger partial charge on any atom is 0.228 e. The van der Waals surface area contributed by atoms with E-state index in [-0.39, 0.29) is 11.8 Å². The molecule has 10 heteroatoms. The van der Waals surface area contributed by atoms with E-state index < -0.39 is 0 Å². The van der Waals surface area contributed by atoms with Gasteiger partial charge in [0.1, 0.15) is 5.03 Å². The van der Waals surface area contributed by atoms with Crippen LogP contribution < -0.4 is 11.1 Å². The van der Waals surface area contributed by atoms with Crippen LogP contribution >= 0.6 is 11.8 Å². The largest absolute Gasteiger partial charge is 0.398 e. The lowest BCUT2D eigenvalue weighted by Gasteiger charge is -2.01. The molecule has 0 atom stereocenters. The molecule has 1 fully saturated rings. The Morgan fingerprint density at radius 1 is 1.15 bits per heavy atom. The number of hydrogen-bond acceptors (Lipinski definition) is 7. The molecular formula is C16H14N8OS. The normalized spacial score (nSPS) is 14.2. The lowest BCUT2D eigenvalue weighted by molar-refractivity contribution is -0.117. The number of hydrogen-bond donors (Lipinski definition) is 2. The minimum atomic E-state index is 0.0236. The molecule has 1 aliphatic rings. The third-order valence-corrected chi connectivity index (χ3v) is 4.97. The molecule has 0 bridgehead atoms. The van der Waals surface area contributed by atoms with E-state index in [2.05, 4.69) is 25.6 Å². The number of nitrogens with two attached hydrogens (primary N) is 1. The van der Waals surface area contributed by atoms with Gasteiger partial charge in [-0.2, -0.15) is 5.10 Å². The molecular weight excluding hydrogens is 352 g/mol. The Morgan fingerprint density at radius 3 is 2.85 bits per heavy atom. The number of pyridine rings is 1. The molecule has 3 N–H and O–H groups in total. The van der Waals surface area contributed by atoms with Crippen molar-refractivity contribution >= 4 is 40.5 Å². The number of nitrogens with zero attached hydrogens (tertiary/aromatic N) is 6. The lowest BCUT2D eigenvalue weighted by atomic mass is 10.4. The van der Waals surface area contributed by atoms with E-state index in [0.29, 0.717) is 22.3 Å². The summed E-state index contributed by atoms with van der Waals surface area (Å²) >= 11 is 1.37. The fraction of sp³-hybridized carbons (Fsp3) is 0.188. The first-order valence-corrected chi connectivity index (χ1v) is 8.93. The summed E-state index contributed by atoms with van der Waals surface area (Å²) in [5.74, 6) is 0.667. The number of nitrogen functional groups attached to an aromatic ring is 1. The van der Waals surface area contributed by atoms with Crippen molar-refractivity contribution in [2.45, 2.75) is 23.0 Å². The Kier molecular flexibility index (Phi) is 3.32. The van der Waals surface area contributed by atoms with Crippen LogP contribution in [0.15, 0.2) is 46.8 Å². The van der Waals surface area contributed by atoms with Crippen LogP contribution in [0.1, 0.15) is 12.8 Å². The predicted molar refractivity (Wildman–Crippen MR) is 95.9 cm³/mol. The number of amides is 1. The molecule has 0 aromatic carbocycles. The third-order valence-electron chi connectivity index (χ3n) is 4.08. The lowest BCUT2D eigenvalue weighted by Crippen LogP contribution is -2.13. The van der Waals surface area contributed by atoms with Gasteiger partial charge in [0, 0.05) is 17.8 Å². The number of rotatable bonds is 4. The zero-order valence-corrected chi connectivity index (χ0v) is 14.3. The summed E-state index contributed by atoms with van der Waals surface area (Å²) in [6, 6.07) is 7.30. The average molecular weight is 366 g/mol. The van der Waals surface area contributed by atoms with Crippen molar-refractivity contribution < 1.29 is 4.79 Å². The predicted octanol–water partition coefficient (Wildman–Crippen LogP) is 1.85. The van der Waals surface area contributed by atoms with Gasteiger partial charge in [-0.15, -0.1) is 10.2 Å². The van der Waals surface area contributed by atoms with Gasteiger partial charge < -0.3 is 11.1 Å². The molecule has 0 aliphatic heterocycles. The second-order valence-corrected chi connectivity index (χ2v) is 7.13. The van der Waals surface area contributed by atoms with Crippen molar-refractivity contribution in [2.75, 3.05) is 11.1 Å². The topological polar surface area (TPSA) is 115 Å². The van der Waals surface area contributed by atoms with E-state index in [4.69, 9.17) is 5.73 Å². The van der Waals surface area contributed by atoms with Crippen LogP contribution in [0.2, 0.25) is 0 Å². The van der Waals surface area contributed by atoms with Gasteiger partial charge in [-0.3, -0.25) is 9.20 Å². The van der Waals surface area contributed by atoms with Crippen LogP contribution in [-0.2, 0) is 4.79 Å². The first-order chi connectivity index (χ1) is 12.7. The standard InChI is InChI=1S/C16H14N8OS/c17-10-3-4-13-20-21-16(23(13)7-10)26-14-6-5-12-18-11(8-24(12)22-14)19-15(25)9-1-2-9/h3-9H,1-2,17H2,(H,19,25). The molecule has 5 rings (SSSR count). The Labute approximate surface area is 151 Å². The van der Waals surface area contributed by atoms with Crippen LogP contribution in [0.5, 0.6) is 0 Å². The van der Waals surface area contributed by atoms with Gasteiger partial charge in [0.15, 0.2) is 17.1 Å². The van der Waals surface area contributed by atoms with Crippen molar-refractivity contribution in [3.8, 4) is 0 Å². The maximum atomic E-state index is 11.9. The number of aromatic nitrogens is 6. The van der Waals surface area contributed by atoms with Gasteiger partial charge in [-0.25, -0.2) is 9.50 Å². The molecule has 9 nitrogen and oxygen atoms in total. The van der Waals surface area contributed by atoms with E-state index in [0.717, 1.165) is 23.5 Å². The van der Waals surface area contributed by atoms with Crippen molar-refractivity contribution in [2.24, 2.45) is 5.92 Å². The molecule has 1 aliphatic carbocycles. The molecule has 0 radical (unpaired) electrons. The van der Waals surface area contributed by atoms with Crippen LogP contribution in [-0.4, -0.2) is 35.1 Å². The first-order valence-electron chi connectivity index (χ1n) is 8.11. The highest BCUT2D eigenvalue weighted by Crippen LogP contribution is 2.30. The van der Waals surface area contributed by atoms with Gasteiger partial charge in [0.05, 0.1) is 6.20 Å². The van der Waals surface area contributed by atoms with Crippen molar-refractivity contribution in [3.05, 3.63) is 36.7 Å². The fourth-order valence-electron chi connectivity index (χ4n) is 2.60. The summed E-state index contributed by atoms with van der Waals surface area (Å²) in [7, 11) is 0. The van der Waals surface area contributed by atoms with Gasteiger partial charge in [0.25, 0.3) is 0 Å². The van der Waals surface area contributed by atoms with Gasteiger partial charge in [0.2, 0.25) is 11.1 Å².